The first kappa shape index (κ1) is 23.3. The third-order valence-corrected chi connectivity index (χ3v) is 5.91. The van der Waals surface area contributed by atoms with Crippen LogP contribution in [0, 0.1) is 21.8 Å². The summed E-state index contributed by atoms with van der Waals surface area (Å²) in [6, 6.07) is 20.5. The molecule has 0 saturated heterocycles. The van der Waals surface area contributed by atoms with Crippen molar-refractivity contribution in [2.45, 2.75) is 13.5 Å². The van der Waals surface area contributed by atoms with Gasteiger partial charge >= 0.3 is 0 Å². The van der Waals surface area contributed by atoms with Gasteiger partial charge in [-0.15, -0.1) is 0 Å². The number of nitrogens with zero attached hydrogens (tertiary/aromatic N) is 1. The number of nitriles is 1. The van der Waals surface area contributed by atoms with Gasteiger partial charge in [0.25, 0.3) is 5.91 Å². The lowest BCUT2D eigenvalue weighted by molar-refractivity contribution is -0.112. The summed E-state index contributed by atoms with van der Waals surface area (Å²) < 4.78 is 7.54. The Morgan fingerprint density at radius 1 is 1.23 bits per heavy atom. The van der Waals surface area contributed by atoms with E-state index in [1.54, 1.807) is 12.1 Å². The van der Waals surface area contributed by atoms with E-state index in [0.717, 1.165) is 19.2 Å². The highest BCUT2D eigenvalue weighted by Gasteiger charge is 2.13. The maximum absolute atomic E-state index is 12.5. The molecule has 3 rings (SSSR count). The molecule has 31 heavy (non-hydrogen) atoms. The molecule has 0 spiro atoms. The Hall–Kier alpha value is -2.34. The zero-order valence-electron chi connectivity index (χ0n) is 16.5. The Morgan fingerprint density at radius 3 is 2.61 bits per heavy atom. The van der Waals surface area contributed by atoms with E-state index in [0.29, 0.717) is 28.6 Å². The van der Waals surface area contributed by atoms with E-state index in [9.17, 15) is 10.1 Å². The van der Waals surface area contributed by atoms with Gasteiger partial charge in [-0.3, -0.25) is 4.79 Å². The van der Waals surface area contributed by atoms with Gasteiger partial charge < -0.3 is 10.1 Å². The standard InChI is InChI=1S/C24H17BrClIN2O2/c1-15-3-2-4-20(9-15)29-24(30)18(13-28)10-17-11-21(25)23(22(27)12-17)31-14-16-5-7-19(26)8-6-16/h2-12H,14H2,1H3,(H,29,30)/b18-10-. The van der Waals surface area contributed by atoms with Crippen molar-refractivity contribution >= 4 is 67.8 Å². The van der Waals surface area contributed by atoms with Gasteiger partial charge in [0.2, 0.25) is 0 Å². The topological polar surface area (TPSA) is 62.1 Å². The normalized spacial score (nSPS) is 11.0. The van der Waals surface area contributed by atoms with Crippen LogP contribution in [0.2, 0.25) is 5.02 Å². The number of amides is 1. The van der Waals surface area contributed by atoms with E-state index in [2.05, 4.69) is 43.8 Å². The van der Waals surface area contributed by atoms with Gasteiger partial charge in [-0.1, -0.05) is 35.9 Å². The van der Waals surface area contributed by atoms with Gasteiger partial charge in [-0.05, 0) is 105 Å². The summed E-state index contributed by atoms with van der Waals surface area (Å²) in [6.07, 6.45) is 1.56. The lowest BCUT2D eigenvalue weighted by Gasteiger charge is -2.12. The van der Waals surface area contributed by atoms with Crippen molar-refractivity contribution in [2.24, 2.45) is 0 Å². The molecule has 1 amide bonds. The average molecular weight is 608 g/mol. The highest BCUT2D eigenvalue weighted by Crippen LogP contribution is 2.33. The van der Waals surface area contributed by atoms with Crippen LogP contribution in [0.25, 0.3) is 6.08 Å². The molecule has 1 N–H and O–H groups in total. The predicted octanol–water partition coefficient (Wildman–Crippen LogP) is 7.14. The number of benzene rings is 3. The molecule has 0 radical (unpaired) electrons. The summed E-state index contributed by atoms with van der Waals surface area (Å²) in [4.78, 5) is 12.5. The van der Waals surface area contributed by atoms with Crippen LogP contribution in [0.1, 0.15) is 16.7 Å². The summed E-state index contributed by atoms with van der Waals surface area (Å²) in [5.74, 6) is 0.234. The molecular formula is C24H17BrClIN2O2. The van der Waals surface area contributed by atoms with Crippen LogP contribution < -0.4 is 10.1 Å². The Morgan fingerprint density at radius 2 is 1.97 bits per heavy atom. The fraction of sp³-hybridized carbons (Fsp3) is 0.0833. The van der Waals surface area contributed by atoms with Crippen LogP contribution in [0.4, 0.5) is 5.69 Å². The molecule has 0 aliphatic carbocycles. The highest BCUT2D eigenvalue weighted by atomic mass is 127. The van der Waals surface area contributed by atoms with E-state index in [4.69, 9.17) is 16.3 Å². The Bertz CT molecular complexity index is 1160. The van der Waals surface area contributed by atoms with Crippen LogP contribution in [0.15, 0.2) is 70.7 Å². The first-order valence-electron chi connectivity index (χ1n) is 9.22. The Balaban J connectivity index is 1.76. The second-order valence-electron chi connectivity index (χ2n) is 6.72. The minimum absolute atomic E-state index is 0.0130. The number of nitrogens with one attached hydrogen (secondary N) is 1. The molecule has 3 aromatic carbocycles. The second-order valence-corrected chi connectivity index (χ2v) is 9.18. The molecule has 0 unspecified atom stereocenters. The van der Waals surface area contributed by atoms with Gasteiger partial charge in [0.05, 0.1) is 8.04 Å². The van der Waals surface area contributed by atoms with Crippen LogP contribution in [0.5, 0.6) is 5.75 Å². The van der Waals surface area contributed by atoms with Crippen LogP contribution in [-0.2, 0) is 11.4 Å². The lowest BCUT2D eigenvalue weighted by Crippen LogP contribution is -2.13. The van der Waals surface area contributed by atoms with Crippen molar-refractivity contribution in [2.75, 3.05) is 5.32 Å². The van der Waals surface area contributed by atoms with Crippen molar-refractivity contribution in [1.29, 1.82) is 5.26 Å². The minimum Gasteiger partial charge on any atom is -0.487 e. The number of anilines is 1. The number of ether oxygens (including phenoxy) is 1. The Labute approximate surface area is 208 Å². The predicted molar refractivity (Wildman–Crippen MR) is 136 cm³/mol. The van der Waals surface area contributed by atoms with E-state index < -0.39 is 5.91 Å². The van der Waals surface area contributed by atoms with Crippen molar-refractivity contribution in [1.82, 2.24) is 0 Å². The molecule has 0 bridgehead atoms. The van der Waals surface area contributed by atoms with E-state index in [1.165, 1.54) is 0 Å². The maximum atomic E-state index is 12.5. The second kappa shape index (κ2) is 10.8. The van der Waals surface area contributed by atoms with Gasteiger partial charge in [0.15, 0.2) is 0 Å². The van der Waals surface area contributed by atoms with Crippen molar-refractivity contribution in [3.63, 3.8) is 0 Å². The maximum Gasteiger partial charge on any atom is 0.266 e. The average Bonchev–Trinajstić information content (AvgIpc) is 2.72. The van der Waals surface area contributed by atoms with E-state index in [1.807, 2.05) is 67.6 Å². The Kier molecular flexibility index (Phi) is 8.13. The summed E-state index contributed by atoms with van der Waals surface area (Å²) in [6.45, 7) is 2.33. The fourth-order valence-electron chi connectivity index (χ4n) is 2.77. The SMILES string of the molecule is Cc1cccc(NC(=O)/C(C#N)=C\c2cc(Br)c(OCc3ccc(Cl)cc3)c(I)c2)c1. The minimum atomic E-state index is -0.456. The lowest BCUT2D eigenvalue weighted by atomic mass is 10.1. The van der Waals surface area contributed by atoms with E-state index >= 15 is 0 Å². The molecular weight excluding hydrogens is 591 g/mol. The molecule has 4 nitrogen and oxygen atoms in total. The molecule has 0 aliphatic rings. The van der Waals surface area contributed by atoms with Crippen LogP contribution in [-0.4, -0.2) is 5.91 Å². The first-order chi connectivity index (χ1) is 14.9. The van der Waals surface area contributed by atoms with Crippen LogP contribution in [0.3, 0.4) is 0 Å². The van der Waals surface area contributed by atoms with Gasteiger partial charge in [0.1, 0.15) is 24.0 Å². The van der Waals surface area contributed by atoms with Crippen molar-refractivity contribution in [3.05, 3.63) is 96.0 Å². The van der Waals surface area contributed by atoms with Gasteiger partial charge in [-0.2, -0.15) is 5.26 Å². The molecule has 0 saturated carbocycles. The summed E-state index contributed by atoms with van der Waals surface area (Å²) in [5.41, 5.74) is 3.39. The largest absolute Gasteiger partial charge is 0.487 e. The smallest absolute Gasteiger partial charge is 0.266 e. The number of carbonyl (C=O) groups excluding carboxylic acids is 1. The third kappa shape index (κ3) is 6.57. The molecule has 3 aromatic rings. The number of aryl methyl sites for hydroxylation is 1. The number of halogens is 3. The highest BCUT2D eigenvalue weighted by molar-refractivity contribution is 14.1. The molecule has 7 heteroatoms. The molecule has 0 aromatic heterocycles. The van der Waals surface area contributed by atoms with Crippen molar-refractivity contribution < 1.29 is 9.53 Å². The third-order valence-electron chi connectivity index (χ3n) is 4.27. The first-order valence-corrected chi connectivity index (χ1v) is 11.5. The van der Waals surface area contributed by atoms with E-state index in [-0.39, 0.29) is 5.57 Å². The monoisotopic (exact) mass is 606 g/mol. The summed E-state index contributed by atoms with van der Waals surface area (Å²) in [5, 5.41) is 12.9. The number of carbonyl (C=O) groups is 1. The molecule has 156 valence electrons. The number of hydrogen-bond acceptors (Lipinski definition) is 3. The molecule has 0 atom stereocenters. The molecule has 0 aliphatic heterocycles. The van der Waals surface area contributed by atoms with Crippen LogP contribution >= 0.6 is 50.1 Å². The fourth-order valence-corrected chi connectivity index (χ4v) is 4.67. The molecule has 0 heterocycles. The summed E-state index contributed by atoms with van der Waals surface area (Å²) >= 11 is 11.6. The van der Waals surface area contributed by atoms with Gasteiger partial charge in [0, 0.05) is 10.7 Å². The quantitative estimate of drug-likeness (QED) is 0.184. The summed E-state index contributed by atoms with van der Waals surface area (Å²) in [7, 11) is 0. The number of hydrogen-bond donors (Lipinski definition) is 1. The van der Waals surface area contributed by atoms with Crippen molar-refractivity contribution in [3.8, 4) is 11.8 Å². The number of rotatable bonds is 6. The zero-order valence-corrected chi connectivity index (χ0v) is 21.0. The van der Waals surface area contributed by atoms with Gasteiger partial charge in [-0.25, -0.2) is 0 Å². The molecule has 0 fully saturated rings. The zero-order chi connectivity index (χ0) is 22.4.